The number of aliphatic carboxylic acids is 1. The van der Waals surface area contributed by atoms with Crippen LogP contribution < -0.4 is 20.1 Å². The summed E-state index contributed by atoms with van der Waals surface area (Å²) in [4.78, 5) is 20.3. The number of benzene rings is 2. The first kappa shape index (κ1) is 24.1. The fourth-order valence-electron chi connectivity index (χ4n) is 3.36. The highest BCUT2D eigenvalue weighted by Gasteiger charge is 2.21. The van der Waals surface area contributed by atoms with Crippen LogP contribution in [0.3, 0.4) is 0 Å². The van der Waals surface area contributed by atoms with Crippen LogP contribution in [0.5, 0.6) is 11.5 Å². The number of nitrogens with zero attached hydrogens (tertiary/aromatic N) is 2. The summed E-state index contributed by atoms with van der Waals surface area (Å²) < 4.78 is 24.3. The molecule has 1 heterocycles. The fraction of sp³-hybridized carbons (Fsp3) is 0.261. The molecule has 0 fully saturated rings. The predicted octanol–water partition coefficient (Wildman–Crippen LogP) is 4.54. The maximum absolute atomic E-state index is 13.7. The molecule has 0 saturated carbocycles. The number of methoxy groups -OCH3 is 2. The van der Waals surface area contributed by atoms with Gasteiger partial charge in [0.2, 0.25) is 5.28 Å². The van der Waals surface area contributed by atoms with Crippen molar-refractivity contribution in [2.75, 3.05) is 31.4 Å². The minimum absolute atomic E-state index is 0.0479. The van der Waals surface area contributed by atoms with Gasteiger partial charge < -0.3 is 25.2 Å². The molecule has 8 nitrogen and oxygen atoms in total. The van der Waals surface area contributed by atoms with Crippen LogP contribution in [0.15, 0.2) is 43.0 Å². The van der Waals surface area contributed by atoms with Gasteiger partial charge in [0.15, 0.2) is 11.5 Å². The van der Waals surface area contributed by atoms with Gasteiger partial charge in [-0.1, -0.05) is 12.1 Å². The Morgan fingerprint density at radius 3 is 2.64 bits per heavy atom. The van der Waals surface area contributed by atoms with Crippen molar-refractivity contribution in [1.29, 1.82) is 0 Å². The topological polar surface area (TPSA) is 106 Å². The van der Waals surface area contributed by atoms with Crippen LogP contribution in [-0.2, 0) is 11.2 Å². The largest absolute Gasteiger partial charge is 0.493 e. The lowest BCUT2D eigenvalue weighted by Crippen LogP contribution is -2.32. The number of nitrogens with one attached hydrogen (secondary N) is 2. The zero-order valence-corrected chi connectivity index (χ0v) is 18.9. The molecule has 1 aromatic heterocycles. The van der Waals surface area contributed by atoms with E-state index >= 15 is 0 Å². The number of hydrogen-bond donors (Lipinski definition) is 3. The van der Waals surface area contributed by atoms with Crippen molar-refractivity contribution in [1.82, 2.24) is 9.97 Å². The molecule has 10 heteroatoms. The maximum Gasteiger partial charge on any atom is 0.326 e. The molecule has 0 aliphatic carbocycles. The number of anilines is 2. The fourth-order valence-corrected chi connectivity index (χ4v) is 3.53. The second-order valence-corrected chi connectivity index (χ2v) is 7.45. The molecule has 0 spiro atoms. The van der Waals surface area contributed by atoms with Crippen LogP contribution in [0.4, 0.5) is 15.9 Å². The Morgan fingerprint density at radius 2 is 1.97 bits per heavy atom. The van der Waals surface area contributed by atoms with Crippen molar-refractivity contribution < 1.29 is 23.8 Å². The van der Waals surface area contributed by atoms with Crippen molar-refractivity contribution in [3.05, 3.63) is 59.7 Å². The van der Waals surface area contributed by atoms with Crippen LogP contribution in [0.1, 0.15) is 12.0 Å². The van der Waals surface area contributed by atoms with Crippen molar-refractivity contribution in [3.8, 4) is 11.5 Å². The Labute approximate surface area is 195 Å². The summed E-state index contributed by atoms with van der Waals surface area (Å²) in [5, 5.41) is 16.3. The summed E-state index contributed by atoms with van der Waals surface area (Å²) in [6, 6.07) is 6.70. The molecule has 1 unspecified atom stereocenters. The van der Waals surface area contributed by atoms with E-state index in [9.17, 15) is 14.3 Å². The van der Waals surface area contributed by atoms with Gasteiger partial charge in [0, 0.05) is 23.7 Å². The molecular weight excluding hydrogens is 451 g/mol. The molecule has 0 radical (unpaired) electrons. The molecule has 1 atom stereocenters. The van der Waals surface area contributed by atoms with E-state index in [1.807, 2.05) is 0 Å². The summed E-state index contributed by atoms with van der Waals surface area (Å²) in [5.41, 5.74) is 1.92. The summed E-state index contributed by atoms with van der Waals surface area (Å²) in [6.45, 7) is 3.97. The lowest BCUT2D eigenvalue weighted by molar-refractivity contribution is -0.138. The molecule has 0 aliphatic rings. The van der Waals surface area contributed by atoms with Gasteiger partial charge >= 0.3 is 5.97 Å². The SMILES string of the molecule is C=CCc1ccc(F)cc1NCCC(Nc1nc(Cl)nc2cc(OC)c(OC)cc12)C(=O)O. The van der Waals surface area contributed by atoms with E-state index in [0.29, 0.717) is 34.5 Å². The third kappa shape index (κ3) is 5.81. The van der Waals surface area contributed by atoms with E-state index < -0.39 is 12.0 Å². The van der Waals surface area contributed by atoms with Crippen LogP contribution in [0, 0.1) is 5.82 Å². The van der Waals surface area contributed by atoms with Gasteiger partial charge in [0.05, 0.1) is 19.7 Å². The average molecular weight is 475 g/mol. The Bertz CT molecular complexity index is 1170. The van der Waals surface area contributed by atoms with E-state index in [4.69, 9.17) is 21.1 Å². The zero-order chi connectivity index (χ0) is 24.0. The van der Waals surface area contributed by atoms with Crippen molar-refractivity contribution in [2.24, 2.45) is 0 Å². The number of carboxylic acids is 1. The highest BCUT2D eigenvalue weighted by molar-refractivity contribution is 6.28. The normalized spacial score (nSPS) is 11.6. The first-order valence-corrected chi connectivity index (χ1v) is 10.5. The van der Waals surface area contributed by atoms with Crippen LogP contribution in [-0.4, -0.2) is 47.8 Å². The number of carbonyl (C=O) groups is 1. The molecule has 33 heavy (non-hydrogen) atoms. The summed E-state index contributed by atoms with van der Waals surface area (Å²) in [6.07, 6.45) is 2.45. The molecular formula is C23H24ClFN4O4. The average Bonchev–Trinajstić information content (AvgIpc) is 2.79. The number of rotatable bonds is 11. The number of aromatic nitrogens is 2. The lowest BCUT2D eigenvalue weighted by atomic mass is 10.1. The minimum atomic E-state index is -1.08. The van der Waals surface area contributed by atoms with Gasteiger partial charge in [0.1, 0.15) is 17.7 Å². The molecule has 0 bridgehead atoms. The minimum Gasteiger partial charge on any atom is -0.493 e. The first-order valence-electron chi connectivity index (χ1n) is 10.1. The van der Waals surface area contributed by atoms with Gasteiger partial charge in [0.25, 0.3) is 0 Å². The molecule has 174 valence electrons. The number of halogens is 2. The quantitative estimate of drug-likeness (QED) is 0.275. The van der Waals surface area contributed by atoms with E-state index in [-0.39, 0.29) is 29.9 Å². The Morgan fingerprint density at radius 1 is 1.24 bits per heavy atom. The molecule has 2 aromatic carbocycles. The maximum atomic E-state index is 13.7. The zero-order valence-electron chi connectivity index (χ0n) is 18.2. The summed E-state index contributed by atoms with van der Waals surface area (Å²) in [5.74, 6) is -0.324. The number of ether oxygens (including phenoxy) is 2. The van der Waals surface area contributed by atoms with Gasteiger partial charge in [-0.15, -0.1) is 6.58 Å². The Balaban J connectivity index is 1.82. The van der Waals surface area contributed by atoms with Gasteiger partial charge in [-0.2, -0.15) is 0 Å². The Hall–Kier alpha value is -3.59. The van der Waals surface area contributed by atoms with Crippen molar-refractivity contribution in [2.45, 2.75) is 18.9 Å². The monoisotopic (exact) mass is 474 g/mol. The van der Waals surface area contributed by atoms with E-state index in [0.717, 1.165) is 5.56 Å². The Kier molecular flexibility index (Phi) is 7.89. The second kappa shape index (κ2) is 10.8. The number of allylic oxidation sites excluding steroid dienone is 1. The summed E-state index contributed by atoms with van der Waals surface area (Å²) in [7, 11) is 2.99. The standard InChI is InChI=1S/C23H24ClFN4O4/c1-4-5-13-6-7-14(25)10-17(13)26-9-8-16(22(30)31)27-21-15-11-19(32-2)20(33-3)12-18(15)28-23(24)29-21/h4,6-7,10-12,16,26H,1,5,8-9H2,2-3H3,(H,30,31)(H,27,28,29). The number of carboxylic acid groups (broad SMARTS) is 1. The van der Waals surface area contributed by atoms with Gasteiger partial charge in [-0.05, 0) is 48.2 Å². The van der Waals surface area contributed by atoms with Crippen LogP contribution >= 0.6 is 11.6 Å². The van der Waals surface area contributed by atoms with Gasteiger partial charge in [-0.25, -0.2) is 19.2 Å². The number of fused-ring (bicyclic) bond motifs is 1. The van der Waals surface area contributed by atoms with Crippen molar-refractivity contribution in [3.63, 3.8) is 0 Å². The molecule has 0 aliphatic heterocycles. The van der Waals surface area contributed by atoms with Crippen molar-refractivity contribution >= 4 is 40.0 Å². The molecule has 3 rings (SSSR count). The highest BCUT2D eigenvalue weighted by atomic mass is 35.5. The third-order valence-corrected chi connectivity index (χ3v) is 5.14. The van der Waals surface area contributed by atoms with Crippen LogP contribution in [0.25, 0.3) is 10.9 Å². The summed E-state index contributed by atoms with van der Waals surface area (Å²) >= 11 is 6.06. The third-order valence-electron chi connectivity index (χ3n) is 4.97. The van der Waals surface area contributed by atoms with Crippen LogP contribution in [0.2, 0.25) is 5.28 Å². The van der Waals surface area contributed by atoms with E-state index in [1.54, 1.807) is 24.3 Å². The smallest absolute Gasteiger partial charge is 0.326 e. The molecule has 0 saturated heterocycles. The van der Waals surface area contributed by atoms with E-state index in [2.05, 4.69) is 27.2 Å². The van der Waals surface area contributed by atoms with E-state index in [1.165, 1.54) is 26.4 Å². The van der Waals surface area contributed by atoms with Gasteiger partial charge in [-0.3, -0.25) is 0 Å². The molecule has 3 N–H and O–H groups in total. The second-order valence-electron chi connectivity index (χ2n) is 7.11. The predicted molar refractivity (Wildman–Crippen MR) is 126 cm³/mol. The number of hydrogen-bond acceptors (Lipinski definition) is 7. The lowest BCUT2D eigenvalue weighted by Gasteiger charge is -2.18. The molecule has 3 aromatic rings. The molecule has 0 amide bonds. The first-order chi connectivity index (χ1) is 15.9. The highest BCUT2D eigenvalue weighted by Crippen LogP contribution is 2.34.